The van der Waals surface area contributed by atoms with Crippen LogP contribution in [0.4, 0.5) is 0 Å². The van der Waals surface area contributed by atoms with Gasteiger partial charge < -0.3 is 15.2 Å². The first-order valence-corrected chi connectivity index (χ1v) is 5.85. The Hall–Kier alpha value is -1.85. The maximum Gasteiger partial charge on any atom is 0.246 e. The SMILES string of the molecule is O=C1N[C@@H](Cc2ncc[nH]2)C(=O)N2CCC[C@@H]12. The number of carbonyl (C=O) groups excluding carboxylic acids is 2. The molecular formula is C11H14N4O2. The molecule has 1 aromatic heterocycles. The van der Waals surface area contributed by atoms with Crippen LogP contribution < -0.4 is 5.32 Å². The third kappa shape index (κ3) is 1.69. The molecule has 0 spiro atoms. The molecule has 6 heteroatoms. The molecule has 1 aromatic rings. The van der Waals surface area contributed by atoms with Gasteiger partial charge in [-0.2, -0.15) is 0 Å². The Kier molecular flexibility index (Phi) is 2.35. The average molecular weight is 234 g/mol. The summed E-state index contributed by atoms with van der Waals surface area (Å²) in [7, 11) is 0. The number of amides is 2. The second-order valence-corrected chi connectivity index (χ2v) is 4.49. The van der Waals surface area contributed by atoms with Crippen molar-refractivity contribution < 1.29 is 9.59 Å². The van der Waals surface area contributed by atoms with Gasteiger partial charge in [0.15, 0.2) is 0 Å². The van der Waals surface area contributed by atoms with Crippen molar-refractivity contribution >= 4 is 11.8 Å². The van der Waals surface area contributed by atoms with Gasteiger partial charge in [-0.15, -0.1) is 0 Å². The van der Waals surface area contributed by atoms with Gasteiger partial charge in [-0.3, -0.25) is 9.59 Å². The topological polar surface area (TPSA) is 78.1 Å². The lowest BCUT2D eigenvalue weighted by atomic mass is 10.1. The van der Waals surface area contributed by atoms with Gasteiger partial charge in [-0.05, 0) is 12.8 Å². The number of nitrogens with one attached hydrogen (secondary N) is 2. The number of piperazine rings is 1. The molecule has 6 nitrogen and oxygen atoms in total. The highest BCUT2D eigenvalue weighted by molar-refractivity contribution is 5.97. The largest absolute Gasteiger partial charge is 0.349 e. The quantitative estimate of drug-likeness (QED) is 0.720. The second kappa shape index (κ2) is 3.87. The number of carbonyl (C=O) groups is 2. The van der Waals surface area contributed by atoms with E-state index in [-0.39, 0.29) is 17.9 Å². The van der Waals surface area contributed by atoms with E-state index in [0.717, 1.165) is 18.7 Å². The standard InChI is InChI=1S/C11H14N4O2/c16-10-8-2-1-5-15(8)11(17)7(14-10)6-9-12-3-4-13-9/h3-4,7-8H,1-2,5-6H2,(H,12,13)(H,14,16)/t7-,8-/m0/s1. The van der Waals surface area contributed by atoms with Crippen LogP contribution in [0.2, 0.25) is 0 Å². The fraction of sp³-hybridized carbons (Fsp3) is 0.545. The minimum Gasteiger partial charge on any atom is -0.349 e. The van der Waals surface area contributed by atoms with E-state index in [4.69, 9.17) is 0 Å². The molecule has 0 bridgehead atoms. The highest BCUT2D eigenvalue weighted by Crippen LogP contribution is 2.22. The number of imidazole rings is 1. The number of nitrogens with zero attached hydrogens (tertiary/aromatic N) is 2. The first-order chi connectivity index (χ1) is 8.25. The van der Waals surface area contributed by atoms with Gasteiger partial charge in [0.05, 0.1) is 0 Å². The van der Waals surface area contributed by atoms with Crippen LogP contribution in [0, 0.1) is 0 Å². The molecule has 2 N–H and O–H groups in total. The van der Waals surface area contributed by atoms with E-state index >= 15 is 0 Å². The molecule has 17 heavy (non-hydrogen) atoms. The zero-order valence-electron chi connectivity index (χ0n) is 9.35. The summed E-state index contributed by atoms with van der Waals surface area (Å²) in [6.07, 6.45) is 5.48. The fourth-order valence-corrected chi connectivity index (χ4v) is 2.57. The van der Waals surface area contributed by atoms with E-state index in [9.17, 15) is 9.59 Å². The van der Waals surface area contributed by atoms with Crippen molar-refractivity contribution in [2.45, 2.75) is 31.3 Å². The van der Waals surface area contributed by atoms with Gasteiger partial charge in [0.1, 0.15) is 17.9 Å². The van der Waals surface area contributed by atoms with Crippen molar-refractivity contribution in [3.8, 4) is 0 Å². The minimum absolute atomic E-state index is 0.0171. The summed E-state index contributed by atoms with van der Waals surface area (Å²) in [4.78, 5) is 32.7. The minimum atomic E-state index is -0.469. The summed E-state index contributed by atoms with van der Waals surface area (Å²) in [6.45, 7) is 0.700. The second-order valence-electron chi connectivity index (χ2n) is 4.49. The number of aromatic nitrogens is 2. The van der Waals surface area contributed by atoms with Gasteiger partial charge >= 0.3 is 0 Å². The van der Waals surface area contributed by atoms with Crippen LogP contribution in [0.3, 0.4) is 0 Å². The Labute approximate surface area is 98.4 Å². The van der Waals surface area contributed by atoms with Crippen LogP contribution in [-0.4, -0.2) is 45.3 Å². The van der Waals surface area contributed by atoms with Gasteiger partial charge in [-0.1, -0.05) is 0 Å². The van der Waals surface area contributed by atoms with E-state index < -0.39 is 6.04 Å². The molecule has 2 amide bonds. The first kappa shape index (κ1) is 10.3. The van der Waals surface area contributed by atoms with Gasteiger partial charge in [0.2, 0.25) is 11.8 Å². The summed E-state index contributed by atoms with van der Waals surface area (Å²) in [5, 5.41) is 2.79. The summed E-state index contributed by atoms with van der Waals surface area (Å²) in [5.41, 5.74) is 0. The zero-order chi connectivity index (χ0) is 11.8. The van der Waals surface area contributed by atoms with Crippen molar-refractivity contribution in [3.63, 3.8) is 0 Å². The number of fused-ring (bicyclic) bond motifs is 1. The van der Waals surface area contributed by atoms with Crippen molar-refractivity contribution in [1.29, 1.82) is 0 Å². The van der Waals surface area contributed by atoms with Crippen LogP contribution in [0.25, 0.3) is 0 Å². The summed E-state index contributed by atoms with van der Waals surface area (Å²) >= 11 is 0. The third-order valence-electron chi connectivity index (χ3n) is 3.41. The normalized spacial score (nSPS) is 28.1. The molecule has 2 aliphatic heterocycles. The number of aromatic amines is 1. The monoisotopic (exact) mass is 234 g/mol. The highest BCUT2D eigenvalue weighted by atomic mass is 16.2. The van der Waals surface area contributed by atoms with E-state index in [0.29, 0.717) is 13.0 Å². The maximum absolute atomic E-state index is 12.1. The molecule has 2 aliphatic rings. The molecule has 90 valence electrons. The Bertz CT molecular complexity index is 442. The van der Waals surface area contributed by atoms with Gasteiger partial charge in [-0.25, -0.2) is 4.98 Å². The Morgan fingerprint density at radius 1 is 1.47 bits per heavy atom. The average Bonchev–Trinajstić information content (AvgIpc) is 2.96. The van der Waals surface area contributed by atoms with Gasteiger partial charge in [0, 0.05) is 25.4 Å². The highest BCUT2D eigenvalue weighted by Gasteiger charge is 2.42. The molecule has 0 unspecified atom stereocenters. The fourth-order valence-electron chi connectivity index (χ4n) is 2.57. The first-order valence-electron chi connectivity index (χ1n) is 5.85. The van der Waals surface area contributed by atoms with E-state index in [1.165, 1.54) is 0 Å². The molecule has 2 saturated heterocycles. The predicted molar refractivity (Wildman–Crippen MR) is 59.0 cm³/mol. The molecule has 3 rings (SSSR count). The molecule has 0 radical (unpaired) electrons. The Balaban J connectivity index is 1.77. The van der Waals surface area contributed by atoms with Crippen molar-refractivity contribution in [3.05, 3.63) is 18.2 Å². The van der Waals surface area contributed by atoms with Crippen molar-refractivity contribution in [1.82, 2.24) is 20.2 Å². The van der Waals surface area contributed by atoms with E-state index in [1.807, 2.05) is 0 Å². The third-order valence-corrected chi connectivity index (χ3v) is 3.41. The molecular weight excluding hydrogens is 220 g/mol. The smallest absolute Gasteiger partial charge is 0.246 e. The van der Waals surface area contributed by atoms with Crippen LogP contribution in [0.5, 0.6) is 0 Å². The summed E-state index contributed by atoms with van der Waals surface area (Å²) in [6, 6.07) is -0.710. The van der Waals surface area contributed by atoms with Crippen molar-refractivity contribution in [2.75, 3.05) is 6.54 Å². The number of hydrogen-bond acceptors (Lipinski definition) is 3. The maximum atomic E-state index is 12.1. The van der Waals surface area contributed by atoms with Crippen molar-refractivity contribution in [2.24, 2.45) is 0 Å². The lowest BCUT2D eigenvalue weighted by Gasteiger charge is -2.34. The van der Waals surface area contributed by atoms with Crippen LogP contribution in [0.15, 0.2) is 12.4 Å². The van der Waals surface area contributed by atoms with E-state index in [2.05, 4.69) is 15.3 Å². The molecule has 0 saturated carbocycles. The van der Waals surface area contributed by atoms with Gasteiger partial charge in [0.25, 0.3) is 0 Å². The number of hydrogen-bond donors (Lipinski definition) is 2. The molecule has 0 aromatic carbocycles. The Morgan fingerprint density at radius 2 is 2.35 bits per heavy atom. The summed E-state index contributed by atoms with van der Waals surface area (Å²) < 4.78 is 0. The lowest BCUT2D eigenvalue weighted by Crippen LogP contribution is -2.61. The van der Waals surface area contributed by atoms with E-state index in [1.54, 1.807) is 17.3 Å². The van der Waals surface area contributed by atoms with Crippen LogP contribution in [-0.2, 0) is 16.0 Å². The number of H-pyrrole nitrogens is 1. The van der Waals surface area contributed by atoms with Crippen LogP contribution in [0.1, 0.15) is 18.7 Å². The lowest BCUT2D eigenvalue weighted by molar-refractivity contribution is -0.147. The molecule has 2 atom stereocenters. The number of rotatable bonds is 2. The predicted octanol–water partition coefficient (Wildman–Crippen LogP) is -0.558. The zero-order valence-corrected chi connectivity index (χ0v) is 9.35. The molecule has 2 fully saturated rings. The molecule has 3 heterocycles. The Morgan fingerprint density at radius 3 is 3.12 bits per heavy atom. The molecule has 0 aliphatic carbocycles. The summed E-state index contributed by atoms with van der Waals surface area (Å²) in [5.74, 6) is 0.712. The van der Waals surface area contributed by atoms with Crippen LogP contribution >= 0.6 is 0 Å².